The van der Waals surface area contributed by atoms with Crippen LogP contribution in [0.25, 0.3) is 104 Å². The molecule has 452 valence electrons. The first-order valence-corrected chi connectivity index (χ1v) is 32.7. The van der Waals surface area contributed by atoms with Gasteiger partial charge < -0.3 is 9.47 Å². The molecule has 0 atom stereocenters. The van der Waals surface area contributed by atoms with Gasteiger partial charge in [0.25, 0.3) is 0 Å². The van der Waals surface area contributed by atoms with E-state index in [1.165, 1.54) is 138 Å². The molecule has 0 aliphatic heterocycles. The lowest BCUT2D eigenvalue weighted by Crippen LogP contribution is -2.17. The van der Waals surface area contributed by atoms with Crippen LogP contribution < -0.4 is 4.90 Å². The summed E-state index contributed by atoms with van der Waals surface area (Å²) >= 11 is 0. The molecule has 2 heteroatoms. The molecule has 0 aliphatic rings. The molecule has 13 rings (SSSR count). The third kappa shape index (κ3) is 11.1. The number of anilines is 3. The summed E-state index contributed by atoms with van der Waals surface area (Å²) in [6.45, 7) is 42.1. The Morgan fingerprint density at radius 2 is 0.578 bits per heavy atom. The Balaban J connectivity index is 1.08. The van der Waals surface area contributed by atoms with Crippen LogP contribution >= 0.6 is 0 Å². The zero-order valence-corrected chi connectivity index (χ0v) is 56.7. The molecule has 13 aromatic rings. The van der Waals surface area contributed by atoms with Crippen LogP contribution in [0, 0.1) is 0 Å². The molecule has 1 heterocycles. The predicted molar refractivity (Wildman–Crippen MR) is 393 cm³/mol. The van der Waals surface area contributed by atoms with Gasteiger partial charge in [-0.2, -0.15) is 0 Å². The van der Waals surface area contributed by atoms with Crippen LogP contribution in [0.5, 0.6) is 0 Å². The SMILES string of the molecule is CC(C)(C)c1cc(-c2ccccc2)cc(N(c2cc(-c3ccccc3)cc(C(C)(C)C)c2)c2ccc3ccc4c(-n5c6ccc(-c7cc(C(C)(C)C)cc(C(C)(C)C)c7)cc6c6cc(-c7cc(C(C)(C)C)cc(C(C)(C)C)c7)ccc65)ccc5ccc2c3c54)c1. The highest BCUT2D eigenvalue weighted by Crippen LogP contribution is 2.50. The normalized spacial score (nSPS) is 13.0. The molecular formula is C88H90N2. The number of hydrogen-bond donors (Lipinski definition) is 0. The summed E-state index contributed by atoms with van der Waals surface area (Å²) in [7, 11) is 0. The molecule has 0 aliphatic carbocycles. The lowest BCUT2D eigenvalue weighted by atomic mass is 9.78. The third-order valence-electron chi connectivity index (χ3n) is 19.2. The third-order valence-corrected chi connectivity index (χ3v) is 19.2. The Kier molecular flexibility index (Phi) is 14.4. The van der Waals surface area contributed by atoms with E-state index in [0.717, 1.165) is 17.1 Å². The lowest BCUT2D eigenvalue weighted by molar-refractivity contribution is 0.568. The van der Waals surface area contributed by atoms with E-state index >= 15 is 0 Å². The highest BCUT2D eigenvalue weighted by atomic mass is 15.1. The van der Waals surface area contributed by atoms with Gasteiger partial charge in [-0.25, -0.2) is 0 Å². The standard InChI is InChI=1S/C88H90N2/c1-83(2,3)65-41-61(42-66(51-65)84(4,5)6)59-33-39-79-75(49-59)76-50-60(62-43-67(85(7,8)9)52-68(44-62)86(10,11)12)34-40-80(76)90(79)78-38-32-58-29-35-73-77(37-31-57-30-36-74(78)82(58)81(57)73)89(71-47-63(55-25-21-19-22-26-55)45-69(53-71)87(13,14)15)72-48-64(56-27-23-20-24-28-56)46-70(54-72)88(16,17)18/h19-54H,1-18H3. The molecule has 0 fully saturated rings. The molecule has 0 amide bonds. The van der Waals surface area contributed by atoms with Crippen LogP contribution in [-0.4, -0.2) is 4.57 Å². The molecule has 90 heavy (non-hydrogen) atoms. The summed E-state index contributed by atoms with van der Waals surface area (Å²) in [5.74, 6) is 0. The first-order valence-electron chi connectivity index (χ1n) is 32.7. The molecule has 0 saturated carbocycles. The summed E-state index contributed by atoms with van der Waals surface area (Å²) in [4.78, 5) is 2.57. The lowest BCUT2D eigenvalue weighted by Gasteiger charge is -2.32. The number of aromatic nitrogens is 1. The number of hydrogen-bond acceptors (Lipinski definition) is 1. The molecule has 0 radical (unpaired) electrons. The first-order chi connectivity index (χ1) is 42.4. The zero-order chi connectivity index (χ0) is 63.8. The first kappa shape index (κ1) is 60.2. The smallest absolute Gasteiger partial charge is 0.0541 e. The maximum Gasteiger partial charge on any atom is 0.0541 e. The van der Waals surface area contributed by atoms with Crippen molar-refractivity contribution >= 4 is 71.2 Å². The highest BCUT2D eigenvalue weighted by molar-refractivity contribution is 6.27. The van der Waals surface area contributed by atoms with Crippen molar-refractivity contribution in [2.45, 2.75) is 157 Å². The van der Waals surface area contributed by atoms with Crippen molar-refractivity contribution in [2.75, 3.05) is 4.90 Å². The summed E-state index contributed by atoms with van der Waals surface area (Å²) in [6.07, 6.45) is 0. The monoisotopic (exact) mass is 1170 g/mol. The van der Waals surface area contributed by atoms with E-state index in [2.05, 4.69) is 352 Å². The average molecular weight is 1180 g/mol. The van der Waals surface area contributed by atoms with Gasteiger partial charge in [0, 0.05) is 32.9 Å². The summed E-state index contributed by atoms with van der Waals surface area (Å²) in [5.41, 5.74) is 24.4. The van der Waals surface area contributed by atoms with Gasteiger partial charge in [-0.3, -0.25) is 0 Å². The van der Waals surface area contributed by atoms with Crippen molar-refractivity contribution in [3.63, 3.8) is 0 Å². The summed E-state index contributed by atoms with van der Waals surface area (Å²) in [5, 5.41) is 9.92. The number of benzene rings is 12. The summed E-state index contributed by atoms with van der Waals surface area (Å²) < 4.78 is 2.57. The van der Waals surface area contributed by atoms with Crippen molar-refractivity contribution in [1.82, 2.24) is 4.57 Å². The highest BCUT2D eigenvalue weighted by Gasteiger charge is 2.29. The van der Waals surface area contributed by atoms with Crippen LogP contribution in [0.1, 0.15) is 158 Å². The van der Waals surface area contributed by atoms with E-state index in [4.69, 9.17) is 0 Å². The largest absolute Gasteiger partial charge is 0.310 e. The van der Waals surface area contributed by atoms with Crippen LogP contribution in [0.4, 0.5) is 17.1 Å². The molecule has 0 saturated heterocycles. The Bertz CT molecular complexity index is 4610. The van der Waals surface area contributed by atoms with Gasteiger partial charge in [-0.1, -0.05) is 282 Å². The second-order valence-corrected chi connectivity index (χ2v) is 32.1. The van der Waals surface area contributed by atoms with Gasteiger partial charge >= 0.3 is 0 Å². The molecule has 0 unspecified atom stereocenters. The van der Waals surface area contributed by atoms with Gasteiger partial charge in [-0.15, -0.1) is 0 Å². The minimum absolute atomic E-state index is 0.0148. The molecule has 2 nitrogen and oxygen atoms in total. The van der Waals surface area contributed by atoms with E-state index in [0.29, 0.717) is 0 Å². The van der Waals surface area contributed by atoms with Gasteiger partial charge in [0.05, 0.1) is 22.4 Å². The van der Waals surface area contributed by atoms with Gasteiger partial charge in [0.1, 0.15) is 0 Å². The Morgan fingerprint density at radius 1 is 0.244 bits per heavy atom. The van der Waals surface area contributed by atoms with Crippen molar-refractivity contribution < 1.29 is 0 Å². The van der Waals surface area contributed by atoms with E-state index < -0.39 is 0 Å². The van der Waals surface area contributed by atoms with E-state index in [9.17, 15) is 0 Å². The van der Waals surface area contributed by atoms with Crippen LogP contribution in [-0.2, 0) is 32.5 Å². The van der Waals surface area contributed by atoms with Crippen molar-refractivity contribution in [1.29, 1.82) is 0 Å². The Labute approximate surface area is 536 Å². The van der Waals surface area contributed by atoms with Crippen LogP contribution in [0.2, 0.25) is 0 Å². The van der Waals surface area contributed by atoms with E-state index in [-0.39, 0.29) is 32.5 Å². The van der Waals surface area contributed by atoms with Gasteiger partial charge in [-0.05, 0) is 193 Å². The van der Waals surface area contributed by atoms with Crippen molar-refractivity contribution in [3.05, 3.63) is 252 Å². The number of rotatable bonds is 8. The Morgan fingerprint density at radius 3 is 0.967 bits per heavy atom. The fourth-order valence-corrected chi connectivity index (χ4v) is 13.5. The predicted octanol–water partition coefficient (Wildman–Crippen LogP) is 25.6. The minimum atomic E-state index is -0.122. The second-order valence-electron chi connectivity index (χ2n) is 32.1. The van der Waals surface area contributed by atoms with Crippen LogP contribution in [0.3, 0.4) is 0 Å². The fourth-order valence-electron chi connectivity index (χ4n) is 13.5. The van der Waals surface area contributed by atoms with E-state index in [1.54, 1.807) is 0 Å². The molecule has 12 aromatic carbocycles. The molecular weight excluding hydrogens is 1080 g/mol. The summed E-state index contributed by atoms with van der Waals surface area (Å²) in [6, 6.07) is 84.6. The quantitative estimate of drug-likeness (QED) is 0.138. The number of nitrogens with zero attached hydrogens (tertiary/aromatic N) is 2. The number of fused-ring (bicyclic) bond motifs is 3. The zero-order valence-electron chi connectivity index (χ0n) is 56.7. The molecule has 0 N–H and O–H groups in total. The second kappa shape index (κ2) is 21.5. The molecule has 1 aromatic heterocycles. The van der Waals surface area contributed by atoms with Crippen molar-refractivity contribution in [2.24, 2.45) is 0 Å². The molecule has 0 spiro atoms. The maximum absolute atomic E-state index is 2.57. The van der Waals surface area contributed by atoms with Gasteiger partial charge in [0.2, 0.25) is 0 Å². The van der Waals surface area contributed by atoms with Crippen molar-refractivity contribution in [3.8, 4) is 50.2 Å². The maximum atomic E-state index is 2.57. The fraction of sp³-hybridized carbons (Fsp3) is 0.273. The van der Waals surface area contributed by atoms with Gasteiger partial charge in [0.15, 0.2) is 0 Å². The average Bonchev–Trinajstić information content (AvgIpc) is 1.28. The minimum Gasteiger partial charge on any atom is -0.310 e. The van der Waals surface area contributed by atoms with E-state index in [1.807, 2.05) is 0 Å². The van der Waals surface area contributed by atoms with Crippen LogP contribution in [0.15, 0.2) is 218 Å². The molecule has 0 bridgehead atoms. The topological polar surface area (TPSA) is 8.17 Å². The Hall–Kier alpha value is -8.72.